The van der Waals surface area contributed by atoms with Crippen LogP contribution in [0.2, 0.25) is 0 Å². The number of nitrogens with one attached hydrogen (secondary N) is 3. The summed E-state index contributed by atoms with van der Waals surface area (Å²) in [4.78, 5) is 22.0. The highest BCUT2D eigenvalue weighted by atomic mass is 16.2. The third-order valence-corrected chi connectivity index (χ3v) is 2.29. The number of carbonyl (C=O) groups excluding carboxylic acids is 2. The number of hydrogen-bond acceptors (Lipinski definition) is 3. The van der Waals surface area contributed by atoms with Crippen molar-refractivity contribution in [2.24, 2.45) is 0 Å². The van der Waals surface area contributed by atoms with E-state index >= 15 is 0 Å². The summed E-state index contributed by atoms with van der Waals surface area (Å²) in [5.41, 5.74) is -0.539. The SMILES string of the molecule is CC(=O)NC1(NC(C)=O)CCNCC1. The Balaban J connectivity index is 2.66. The van der Waals surface area contributed by atoms with Crippen LogP contribution in [0.5, 0.6) is 0 Å². The molecule has 3 N–H and O–H groups in total. The molecule has 0 unspecified atom stereocenters. The van der Waals surface area contributed by atoms with Gasteiger partial charge < -0.3 is 16.0 Å². The van der Waals surface area contributed by atoms with E-state index in [1.807, 2.05) is 0 Å². The molecule has 0 aliphatic carbocycles. The van der Waals surface area contributed by atoms with Gasteiger partial charge in [0.15, 0.2) is 0 Å². The second kappa shape index (κ2) is 4.41. The van der Waals surface area contributed by atoms with Crippen molar-refractivity contribution in [1.82, 2.24) is 16.0 Å². The van der Waals surface area contributed by atoms with Crippen LogP contribution >= 0.6 is 0 Å². The van der Waals surface area contributed by atoms with Gasteiger partial charge in [0.05, 0.1) is 0 Å². The van der Waals surface area contributed by atoms with Crippen LogP contribution in [0.1, 0.15) is 26.7 Å². The van der Waals surface area contributed by atoms with Crippen LogP contribution in [0.3, 0.4) is 0 Å². The lowest BCUT2D eigenvalue weighted by Gasteiger charge is -2.38. The molecule has 1 fully saturated rings. The number of carbonyl (C=O) groups is 2. The first-order valence-electron chi connectivity index (χ1n) is 4.82. The molecule has 5 nitrogen and oxygen atoms in total. The molecule has 0 atom stereocenters. The van der Waals surface area contributed by atoms with Gasteiger partial charge in [-0.3, -0.25) is 9.59 Å². The Hall–Kier alpha value is -1.10. The van der Waals surface area contributed by atoms with Crippen molar-refractivity contribution in [3.63, 3.8) is 0 Å². The molecule has 1 rings (SSSR count). The van der Waals surface area contributed by atoms with Gasteiger partial charge in [-0.25, -0.2) is 0 Å². The van der Waals surface area contributed by atoms with E-state index in [0.29, 0.717) is 0 Å². The van der Waals surface area contributed by atoms with Crippen molar-refractivity contribution in [1.29, 1.82) is 0 Å². The lowest BCUT2D eigenvalue weighted by Crippen LogP contribution is -2.63. The molecule has 1 aliphatic rings. The standard InChI is InChI=1S/C9H17N3O2/c1-7(13)11-9(12-8(2)14)3-5-10-6-4-9/h10H,3-6H2,1-2H3,(H,11,13)(H,12,14). The van der Waals surface area contributed by atoms with E-state index in [-0.39, 0.29) is 11.8 Å². The van der Waals surface area contributed by atoms with E-state index in [0.717, 1.165) is 25.9 Å². The Morgan fingerprint density at radius 3 is 1.86 bits per heavy atom. The van der Waals surface area contributed by atoms with Crippen molar-refractivity contribution < 1.29 is 9.59 Å². The minimum absolute atomic E-state index is 0.111. The molecule has 1 heterocycles. The largest absolute Gasteiger partial charge is 0.334 e. The highest BCUT2D eigenvalue weighted by molar-refractivity contribution is 5.77. The Morgan fingerprint density at radius 1 is 1.07 bits per heavy atom. The van der Waals surface area contributed by atoms with E-state index in [1.165, 1.54) is 13.8 Å². The molecule has 0 saturated carbocycles. The lowest BCUT2D eigenvalue weighted by atomic mass is 9.97. The van der Waals surface area contributed by atoms with Crippen molar-refractivity contribution in [2.45, 2.75) is 32.4 Å². The third kappa shape index (κ3) is 2.99. The zero-order valence-corrected chi connectivity index (χ0v) is 8.64. The highest BCUT2D eigenvalue weighted by Crippen LogP contribution is 2.14. The van der Waals surface area contributed by atoms with Crippen LogP contribution in [0.4, 0.5) is 0 Å². The first-order chi connectivity index (χ1) is 6.54. The minimum Gasteiger partial charge on any atom is -0.334 e. The summed E-state index contributed by atoms with van der Waals surface area (Å²) in [5, 5.41) is 8.81. The van der Waals surface area contributed by atoms with E-state index in [2.05, 4.69) is 16.0 Å². The van der Waals surface area contributed by atoms with Crippen molar-refractivity contribution >= 4 is 11.8 Å². The predicted molar refractivity (Wildman–Crippen MR) is 52.5 cm³/mol. The molecule has 0 aromatic carbocycles. The number of amides is 2. The fourth-order valence-corrected chi connectivity index (χ4v) is 1.81. The molecule has 1 aliphatic heterocycles. The van der Waals surface area contributed by atoms with Gasteiger partial charge >= 0.3 is 0 Å². The Bertz CT molecular complexity index is 216. The van der Waals surface area contributed by atoms with Crippen LogP contribution in [0.25, 0.3) is 0 Å². The van der Waals surface area contributed by atoms with Gasteiger partial charge in [0.1, 0.15) is 5.66 Å². The zero-order chi connectivity index (χ0) is 10.6. The van der Waals surface area contributed by atoms with Gasteiger partial charge in [0.2, 0.25) is 11.8 Å². The van der Waals surface area contributed by atoms with Crippen LogP contribution in [-0.4, -0.2) is 30.6 Å². The van der Waals surface area contributed by atoms with Crippen molar-refractivity contribution in [2.75, 3.05) is 13.1 Å². The average Bonchev–Trinajstić information content (AvgIpc) is 2.01. The minimum atomic E-state index is -0.539. The summed E-state index contributed by atoms with van der Waals surface area (Å²) >= 11 is 0. The van der Waals surface area contributed by atoms with Crippen LogP contribution in [0.15, 0.2) is 0 Å². The summed E-state index contributed by atoms with van der Waals surface area (Å²) in [6, 6.07) is 0. The summed E-state index contributed by atoms with van der Waals surface area (Å²) in [7, 11) is 0. The quantitative estimate of drug-likeness (QED) is 0.517. The second-order valence-corrected chi connectivity index (χ2v) is 3.69. The normalized spacial score (nSPS) is 19.9. The maximum Gasteiger partial charge on any atom is 0.218 e. The first kappa shape index (κ1) is 11.0. The molecule has 0 bridgehead atoms. The molecule has 0 aromatic heterocycles. The Kier molecular flexibility index (Phi) is 3.46. The van der Waals surface area contributed by atoms with Gasteiger partial charge in [-0.2, -0.15) is 0 Å². The maximum atomic E-state index is 11.0. The van der Waals surface area contributed by atoms with Gasteiger partial charge in [0.25, 0.3) is 0 Å². The molecule has 0 radical (unpaired) electrons. The number of piperidine rings is 1. The van der Waals surface area contributed by atoms with Crippen LogP contribution < -0.4 is 16.0 Å². The first-order valence-corrected chi connectivity index (χ1v) is 4.82. The summed E-state index contributed by atoms with van der Waals surface area (Å²) < 4.78 is 0. The monoisotopic (exact) mass is 199 g/mol. The summed E-state index contributed by atoms with van der Waals surface area (Å²) in [6.07, 6.45) is 1.46. The summed E-state index contributed by atoms with van der Waals surface area (Å²) in [5.74, 6) is -0.221. The van der Waals surface area contributed by atoms with Crippen LogP contribution in [0, 0.1) is 0 Å². The van der Waals surface area contributed by atoms with Gasteiger partial charge in [-0.15, -0.1) is 0 Å². The molecule has 1 saturated heterocycles. The van der Waals surface area contributed by atoms with E-state index in [1.54, 1.807) is 0 Å². The average molecular weight is 199 g/mol. The molecular formula is C9H17N3O2. The summed E-state index contributed by atoms with van der Waals surface area (Å²) in [6.45, 7) is 4.54. The van der Waals surface area contributed by atoms with Crippen molar-refractivity contribution in [3.8, 4) is 0 Å². The molecular weight excluding hydrogens is 182 g/mol. The maximum absolute atomic E-state index is 11.0. The van der Waals surface area contributed by atoms with Gasteiger partial charge in [-0.05, 0) is 13.1 Å². The zero-order valence-electron chi connectivity index (χ0n) is 8.64. The van der Waals surface area contributed by atoms with E-state index < -0.39 is 5.66 Å². The van der Waals surface area contributed by atoms with E-state index in [9.17, 15) is 9.59 Å². The molecule has 14 heavy (non-hydrogen) atoms. The van der Waals surface area contributed by atoms with Gasteiger partial charge in [0, 0.05) is 26.7 Å². The van der Waals surface area contributed by atoms with Crippen molar-refractivity contribution in [3.05, 3.63) is 0 Å². The predicted octanol–water partition coefficient (Wildman–Crippen LogP) is -0.662. The fourth-order valence-electron chi connectivity index (χ4n) is 1.81. The Labute approximate surface area is 83.6 Å². The molecule has 2 amide bonds. The number of rotatable bonds is 2. The molecule has 0 aromatic rings. The van der Waals surface area contributed by atoms with E-state index in [4.69, 9.17) is 0 Å². The third-order valence-electron chi connectivity index (χ3n) is 2.29. The lowest BCUT2D eigenvalue weighted by molar-refractivity contribution is -0.125. The fraction of sp³-hybridized carbons (Fsp3) is 0.778. The smallest absolute Gasteiger partial charge is 0.218 e. The van der Waals surface area contributed by atoms with Crippen LogP contribution in [-0.2, 0) is 9.59 Å². The second-order valence-electron chi connectivity index (χ2n) is 3.69. The topological polar surface area (TPSA) is 70.2 Å². The molecule has 5 heteroatoms. The highest BCUT2D eigenvalue weighted by Gasteiger charge is 2.33. The Morgan fingerprint density at radius 2 is 1.50 bits per heavy atom. The molecule has 80 valence electrons. The number of hydrogen-bond donors (Lipinski definition) is 3. The molecule has 0 spiro atoms. The van der Waals surface area contributed by atoms with Gasteiger partial charge in [-0.1, -0.05) is 0 Å².